The number of carboxylic acids is 1. The van der Waals surface area contributed by atoms with E-state index in [0.29, 0.717) is 5.69 Å². The number of carboxylic acid groups (broad SMARTS) is 1. The molecule has 2 heterocycles. The number of hydrogen-bond donors (Lipinski definition) is 3. The second kappa shape index (κ2) is 6.04. The molecule has 2 aromatic heterocycles. The van der Waals surface area contributed by atoms with Gasteiger partial charge in [-0.15, -0.1) is 0 Å². The van der Waals surface area contributed by atoms with Crippen molar-refractivity contribution in [3.05, 3.63) is 64.7 Å². The number of nitrogens with zero attached hydrogens (tertiary/aromatic N) is 1. The van der Waals surface area contributed by atoms with Gasteiger partial charge in [0.05, 0.1) is 0 Å². The number of carbonyl (C=O) groups excluding carboxylic acids is 1. The fourth-order valence-electron chi connectivity index (χ4n) is 2.41. The molecule has 0 aliphatic heterocycles. The largest absolute Gasteiger partial charge is 0.480 e. The van der Waals surface area contributed by atoms with E-state index in [0.717, 1.165) is 15.5 Å². The maximum absolute atomic E-state index is 12.3. The summed E-state index contributed by atoms with van der Waals surface area (Å²) in [6, 6.07) is 11.0. The molecule has 1 unspecified atom stereocenters. The summed E-state index contributed by atoms with van der Waals surface area (Å²) < 4.78 is 1.06. The number of aromatic nitrogens is 2. The van der Waals surface area contributed by atoms with Crippen LogP contribution in [0, 0.1) is 0 Å². The molecule has 0 aliphatic carbocycles. The number of aromatic amines is 1. The molecule has 0 radical (unpaired) electrons. The van der Waals surface area contributed by atoms with E-state index in [1.807, 2.05) is 24.3 Å². The van der Waals surface area contributed by atoms with Gasteiger partial charge in [0.15, 0.2) is 0 Å². The fourth-order valence-corrected chi connectivity index (χ4v) is 2.41. The third kappa shape index (κ3) is 2.79. The minimum atomic E-state index is -1.13. The maximum Gasteiger partial charge on any atom is 0.326 e. The highest BCUT2D eigenvalue weighted by molar-refractivity contribution is 6.05. The van der Waals surface area contributed by atoms with Crippen molar-refractivity contribution in [3.63, 3.8) is 0 Å². The first-order chi connectivity index (χ1) is 11.5. The number of hydrogen-bond acceptors (Lipinski definition) is 3. The van der Waals surface area contributed by atoms with Crippen molar-refractivity contribution < 1.29 is 14.7 Å². The van der Waals surface area contributed by atoms with Gasteiger partial charge in [0.25, 0.3) is 11.5 Å². The molecule has 0 fully saturated rings. The van der Waals surface area contributed by atoms with Gasteiger partial charge in [-0.1, -0.05) is 18.2 Å². The van der Waals surface area contributed by atoms with Crippen LogP contribution in [0.1, 0.15) is 23.5 Å². The molecule has 0 bridgehead atoms. The van der Waals surface area contributed by atoms with Crippen LogP contribution in [0.15, 0.2) is 53.5 Å². The predicted molar refractivity (Wildman–Crippen MR) is 89.3 cm³/mol. The van der Waals surface area contributed by atoms with Gasteiger partial charge in [0.1, 0.15) is 17.4 Å². The number of fused-ring (bicyclic) bond motifs is 1. The molecular weight excluding hydrogens is 310 g/mol. The van der Waals surface area contributed by atoms with Crippen molar-refractivity contribution in [2.45, 2.75) is 13.0 Å². The van der Waals surface area contributed by atoms with Crippen molar-refractivity contribution in [2.75, 3.05) is 5.32 Å². The lowest BCUT2D eigenvalue weighted by molar-refractivity contribution is -0.140. The smallest absolute Gasteiger partial charge is 0.326 e. The summed E-state index contributed by atoms with van der Waals surface area (Å²) in [7, 11) is 0. The topological polar surface area (TPSA) is 104 Å². The van der Waals surface area contributed by atoms with E-state index in [-0.39, 0.29) is 5.69 Å². The summed E-state index contributed by atoms with van der Waals surface area (Å²) in [5, 5.41) is 12.4. The second-order valence-electron chi connectivity index (χ2n) is 5.37. The van der Waals surface area contributed by atoms with Gasteiger partial charge in [0.2, 0.25) is 0 Å². The summed E-state index contributed by atoms with van der Waals surface area (Å²) in [6.07, 6.45) is 1.37. The number of pyridine rings is 1. The van der Waals surface area contributed by atoms with Gasteiger partial charge >= 0.3 is 5.97 Å². The standard InChI is InChI=1S/C17H15N3O4/c1-10(17(23)24)20-8-4-7-13(16(20)22)19-15(21)14-9-11-5-2-3-6-12(11)18-14/h2-10,18H,1H3,(H,19,21)(H,23,24). The number of aliphatic carboxylic acids is 1. The first-order valence-corrected chi connectivity index (χ1v) is 7.30. The summed E-state index contributed by atoms with van der Waals surface area (Å²) in [4.78, 5) is 38.7. The average molecular weight is 325 g/mol. The Balaban J connectivity index is 1.90. The molecule has 1 atom stereocenters. The molecule has 1 aromatic carbocycles. The SMILES string of the molecule is CC(C(=O)O)n1cccc(NC(=O)c2cc3ccccc3[nH]2)c1=O. The molecule has 3 rings (SSSR count). The molecule has 122 valence electrons. The van der Waals surface area contributed by atoms with Crippen molar-refractivity contribution in [2.24, 2.45) is 0 Å². The number of rotatable bonds is 4. The van der Waals surface area contributed by atoms with Gasteiger partial charge in [-0.05, 0) is 31.2 Å². The lowest BCUT2D eigenvalue weighted by Crippen LogP contribution is -2.30. The van der Waals surface area contributed by atoms with Gasteiger partial charge in [-0.3, -0.25) is 14.2 Å². The lowest BCUT2D eigenvalue weighted by Gasteiger charge is -2.12. The van der Waals surface area contributed by atoms with E-state index in [4.69, 9.17) is 5.11 Å². The van der Waals surface area contributed by atoms with E-state index in [9.17, 15) is 14.4 Å². The van der Waals surface area contributed by atoms with Crippen LogP contribution in [0.4, 0.5) is 5.69 Å². The number of H-pyrrole nitrogens is 1. The van der Waals surface area contributed by atoms with Crippen LogP contribution in [0.5, 0.6) is 0 Å². The third-order valence-electron chi connectivity index (χ3n) is 3.77. The first-order valence-electron chi connectivity index (χ1n) is 7.30. The van der Waals surface area contributed by atoms with Gasteiger partial charge in [-0.2, -0.15) is 0 Å². The third-order valence-corrected chi connectivity index (χ3v) is 3.77. The monoisotopic (exact) mass is 325 g/mol. The van der Waals surface area contributed by atoms with Gasteiger partial charge in [-0.25, -0.2) is 4.79 Å². The van der Waals surface area contributed by atoms with Crippen LogP contribution < -0.4 is 10.9 Å². The summed E-state index contributed by atoms with van der Waals surface area (Å²) in [5.41, 5.74) is 0.580. The van der Waals surface area contributed by atoms with E-state index in [1.165, 1.54) is 25.3 Å². The molecule has 1 amide bonds. The Kier molecular flexibility index (Phi) is 3.91. The van der Waals surface area contributed by atoms with Crippen LogP contribution >= 0.6 is 0 Å². The van der Waals surface area contributed by atoms with Crippen molar-refractivity contribution in [3.8, 4) is 0 Å². The number of anilines is 1. The van der Waals surface area contributed by atoms with Crippen molar-refractivity contribution in [1.29, 1.82) is 0 Å². The Hall–Kier alpha value is -3.35. The van der Waals surface area contributed by atoms with Crippen LogP contribution in [0.25, 0.3) is 10.9 Å². The highest BCUT2D eigenvalue weighted by Gasteiger charge is 2.17. The summed E-state index contributed by atoms with van der Waals surface area (Å²) >= 11 is 0. The van der Waals surface area contributed by atoms with Crippen molar-refractivity contribution >= 4 is 28.5 Å². The average Bonchev–Trinajstić information content (AvgIpc) is 3.00. The fraction of sp³-hybridized carbons (Fsp3) is 0.118. The molecule has 7 nitrogen and oxygen atoms in total. The van der Waals surface area contributed by atoms with Crippen LogP contribution in [0.3, 0.4) is 0 Å². The molecule has 0 saturated heterocycles. The van der Waals surface area contributed by atoms with E-state index >= 15 is 0 Å². The molecule has 3 N–H and O–H groups in total. The molecule has 0 saturated carbocycles. The van der Waals surface area contributed by atoms with E-state index in [1.54, 1.807) is 6.07 Å². The first kappa shape index (κ1) is 15.5. The zero-order chi connectivity index (χ0) is 17.3. The van der Waals surface area contributed by atoms with Gasteiger partial charge in [0, 0.05) is 17.1 Å². The van der Waals surface area contributed by atoms with E-state index < -0.39 is 23.5 Å². The number of amides is 1. The lowest BCUT2D eigenvalue weighted by atomic mass is 10.2. The Morgan fingerprint density at radius 3 is 2.67 bits per heavy atom. The summed E-state index contributed by atoms with van der Waals surface area (Å²) in [6.45, 7) is 1.40. The number of nitrogens with one attached hydrogen (secondary N) is 2. The Morgan fingerprint density at radius 1 is 1.21 bits per heavy atom. The molecule has 7 heteroatoms. The summed E-state index contributed by atoms with van der Waals surface area (Å²) in [5.74, 6) is -1.60. The Labute approximate surface area is 136 Å². The predicted octanol–water partition coefficient (Wildman–Crippen LogP) is 2.23. The molecule has 24 heavy (non-hydrogen) atoms. The molecule has 0 aliphatic rings. The quantitative estimate of drug-likeness (QED) is 0.684. The second-order valence-corrected chi connectivity index (χ2v) is 5.37. The zero-order valence-corrected chi connectivity index (χ0v) is 12.8. The number of carbonyl (C=O) groups is 2. The van der Waals surface area contributed by atoms with Crippen LogP contribution in [0.2, 0.25) is 0 Å². The number of para-hydroxylation sites is 1. The molecule has 3 aromatic rings. The highest BCUT2D eigenvalue weighted by Crippen LogP contribution is 2.15. The highest BCUT2D eigenvalue weighted by atomic mass is 16.4. The minimum Gasteiger partial charge on any atom is -0.480 e. The molecular formula is C17H15N3O4. The maximum atomic E-state index is 12.3. The Bertz CT molecular complexity index is 954. The minimum absolute atomic E-state index is 0.0225. The zero-order valence-electron chi connectivity index (χ0n) is 12.8. The normalized spacial score (nSPS) is 12.0. The number of benzene rings is 1. The Morgan fingerprint density at radius 2 is 1.96 bits per heavy atom. The molecule has 0 spiro atoms. The van der Waals surface area contributed by atoms with Crippen LogP contribution in [-0.2, 0) is 4.79 Å². The van der Waals surface area contributed by atoms with Gasteiger partial charge < -0.3 is 15.4 Å². The van der Waals surface area contributed by atoms with E-state index in [2.05, 4.69) is 10.3 Å². The van der Waals surface area contributed by atoms with Crippen molar-refractivity contribution in [1.82, 2.24) is 9.55 Å². The van der Waals surface area contributed by atoms with Crippen LogP contribution in [-0.4, -0.2) is 26.5 Å².